The molecular formula is C9H8ClN3O4. The van der Waals surface area contributed by atoms with Gasteiger partial charge in [0.05, 0.1) is 24.0 Å². The van der Waals surface area contributed by atoms with Crippen molar-refractivity contribution in [1.82, 2.24) is 4.98 Å². The lowest BCUT2D eigenvalue weighted by Crippen LogP contribution is -2.26. The van der Waals surface area contributed by atoms with Crippen molar-refractivity contribution in [2.45, 2.75) is 12.5 Å². The van der Waals surface area contributed by atoms with Gasteiger partial charge in [-0.25, -0.2) is 4.98 Å². The molecule has 1 aliphatic heterocycles. The summed E-state index contributed by atoms with van der Waals surface area (Å²) in [6, 6.07) is 1.25. The van der Waals surface area contributed by atoms with Crippen LogP contribution in [0.5, 0.6) is 0 Å². The summed E-state index contributed by atoms with van der Waals surface area (Å²) in [6.07, 6.45) is 0.140. The van der Waals surface area contributed by atoms with Crippen LogP contribution in [0.1, 0.15) is 6.42 Å². The first-order valence-electron chi connectivity index (χ1n) is 4.77. The van der Waals surface area contributed by atoms with E-state index >= 15 is 0 Å². The van der Waals surface area contributed by atoms with E-state index in [9.17, 15) is 20.0 Å². The first-order valence-corrected chi connectivity index (χ1v) is 5.15. The van der Waals surface area contributed by atoms with E-state index in [-0.39, 0.29) is 35.4 Å². The van der Waals surface area contributed by atoms with Crippen LogP contribution in [0, 0.1) is 10.1 Å². The van der Waals surface area contributed by atoms with Gasteiger partial charge in [0.2, 0.25) is 5.91 Å². The molecule has 1 atom stereocenters. The predicted molar refractivity (Wildman–Crippen MR) is 58.9 cm³/mol. The fraction of sp³-hybridized carbons (Fsp3) is 0.333. The van der Waals surface area contributed by atoms with E-state index in [1.165, 1.54) is 6.07 Å². The molecule has 1 unspecified atom stereocenters. The molecule has 1 N–H and O–H groups in total. The van der Waals surface area contributed by atoms with Crippen LogP contribution in [0.25, 0.3) is 0 Å². The number of pyridine rings is 1. The smallest absolute Gasteiger partial charge is 0.311 e. The number of aromatic nitrogens is 1. The molecule has 0 saturated carbocycles. The van der Waals surface area contributed by atoms with Gasteiger partial charge in [0.25, 0.3) is 0 Å². The van der Waals surface area contributed by atoms with Gasteiger partial charge in [0.1, 0.15) is 17.0 Å². The van der Waals surface area contributed by atoms with Crippen LogP contribution < -0.4 is 4.90 Å². The Morgan fingerprint density at radius 1 is 1.65 bits per heavy atom. The van der Waals surface area contributed by atoms with Crippen LogP contribution in [0.3, 0.4) is 0 Å². The van der Waals surface area contributed by atoms with Gasteiger partial charge >= 0.3 is 5.69 Å². The van der Waals surface area contributed by atoms with Gasteiger partial charge in [-0.3, -0.25) is 14.9 Å². The fourth-order valence-corrected chi connectivity index (χ4v) is 1.84. The average molecular weight is 258 g/mol. The molecule has 90 valence electrons. The first-order chi connectivity index (χ1) is 7.99. The molecule has 1 fully saturated rings. The Hall–Kier alpha value is -1.73. The number of nitrogens with zero attached hydrogens (tertiary/aromatic N) is 3. The van der Waals surface area contributed by atoms with Gasteiger partial charge in [0.15, 0.2) is 0 Å². The number of aliphatic hydroxyl groups excluding tert-OH is 1. The molecule has 0 aromatic carbocycles. The van der Waals surface area contributed by atoms with Crippen molar-refractivity contribution in [3.63, 3.8) is 0 Å². The lowest BCUT2D eigenvalue weighted by molar-refractivity contribution is -0.384. The number of carbonyl (C=O) groups is 1. The Morgan fingerprint density at radius 2 is 2.35 bits per heavy atom. The Labute approximate surface area is 101 Å². The van der Waals surface area contributed by atoms with Gasteiger partial charge in [-0.15, -0.1) is 0 Å². The van der Waals surface area contributed by atoms with E-state index < -0.39 is 11.0 Å². The molecule has 0 radical (unpaired) electrons. The van der Waals surface area contributed by atoms with Crippen LogP contribution in [0.2, 0.25) is 5.15 Å². The van der Waals surface area contributed by atoms with E-state index in [0.29, 0.717) is 0 Å². The normalized spacial score (nSPS) is 19.8. The molecule has 1 aromatic heterocycles. The van der Waals surface area contributed by atoms with E-state index in [1.54, 1.807) is 0 Å². The maximum Gasteiger partial charge on any atom is 0.311 e. The average Bonchev–Trinajstić information content (AvgIpc) is 2.57. The van der Waals surface area contributed by atoms with Gasteiger partial charge in [0, 0.05) is 6.07 Å². The van der Waals surface area contributed by atoms with E-state index in [0.717, 1.165) is 11.1 Å². The Balaban J connectivity index is 2.46. The highest BCUT2D eigenvalue weighted by atomic mass is 35.5. The van der Waals surface area contributed by atoms with Crippen molar-refractivity contribution in [3.05, 3.63) is 27.5 Å². The van der Waals surface area contributed by atoms with Crippen molar-refractivity contribution in [2.75, 3.05) is 11.4 Å². The maximum absolute atomic E-state index is 11.6. The first kappa shape index (κ1) is 11.7. The number of hydrogen-bond acceptors (Lipinski definition) is 5. The highest BCUT2D eigenvalue weighted by Crippen LogP contribution is 2.32. The molecule has 2 heterocycles. The monoisotopic (exact) mass is 257 g/mol. The highest BCUT2D eigenvalue weighted by molar-refractivity contribution is 6.29. The minimum Gasteiger partial charge on any atom is -0.391 e. The van der Waals surface area contributed by atoms with Crippen molar-refractivity contribution >= 4 is 28.9 Å². The summed E-state index contributed by atoms with van der Waals surface area (Å²) < 4.78 is 0. The van der Waals surface area contributed by atoms with Crippen molar-refractivity contribution in [2.24, 2.45) is 0 Å². The number of amides is 1. The second-order valence-electron chi connectivity index (χ2n) is 3.62. The van der Waals surface area contributed by atoms with Crippen molar-refractivity contribution < 1.29 is 14.8 Å². The van der Waals surface area contributed by atoms with Gasteiger partial charge in [-0.05, 0) is 0 Å². The zero-order chi connectivity index (χ0) is 12.6. The van der Waals surface area contributed by atoms with Gasteiger partial charge in [-0.2, -0.15) is 0 Å². The van der Waals surface area contributed by atoms with Gasteiger partial charge in [-0.1, -0.05) is 11.6 Å². The van der Waals surface area contributed by atoms with Gasteiger partial charge < -0.3 is 10.0 Å². The minimum absolute atomic E-state index is 0.0278. The number of hydrogen-bond donors (Lipinski definition) is 1. The SMILES string of the molecule is O=C1CC(O)CN1c1cc(Cl)ncc1[N+](=O)[O-]. The van der Waals surface area contributed by atoms with Crippen LogP contribution in [-0.2, 0) is 4.79 Å². The number of nitro groups is 1. The number of rotatable bonds is 2. The zero-order valence-electron chi connectivity index (χ0n) is 8.54. The number of carbonyl (C=O) groups excluding carboxylic acids is 1. The summed E-state index contributed by atoms with van der Waals surface area (Å²) in [6.45, 7) is 0.0278. The summed E-state index contributed by atoms with van der Waals surface area (Å²) in [4.78, 5) is 26.5. The Kier molecular flexibility index (Phi) is 2.95. The largest absolute Gasteiger partial charge is 0.391 e. The van der Waals surface area contributed by atoms with Crippen molar-refractivity contribution in [3.8, 4) is 0 Å². The molecule has 1 aliphatic rings. The van der Waals surface area contributed by atoms with Crippen LogP contribution in [0.4, 0.5) is 11.4 Å². The molecule has 0 spiro atoms. The topological polar surface area (TPSA) is 96.6 Å². The summed E-state index contributed by atoms with van der Waals surface area (Å²) >= 11 is 5.65. The molecule has 0 aliphatic carbocycles. The van der Waals surface area contributed by atoms with E-state index in [2.05, 4.69) is 4.98 Å². The fourth-order valence-electron chi connectivity index (χ4n) is 1.69. The molecule has 17 heavy (non-hydrogen) atoms. The summed E-state index contributed by atoms with van der Waals surface area (Å²) in [7, 11) is 0. The number of β-amino-alcohol motifs (C(OH)–C–C–N with tert-alkyl or cyclic N) is 1. The lowest BCUT2D eigenvalue weighted by atomic mass is 10.3. The zero-order valence-corrected chi connectivity index (χ0v) is 9.29. The minimum atomic E-state index is -0.811. The predicted octanol–water partition coefficient (Wildman–Crippen LogP) is 0.741. The molecule has 2 rings (SSSR count). The molecule has 8 heteroatoms. The van der Waals surface area contributed by atoms with Crippen LogP contribution >= 0.6 is 11.6 Å². The van der Waals surface area contributed by atoms with Crippen LogP contribution in [-0.4, -0.2) is 33.6 Å². The standard InChI is InChI=1S/C9H8ClN3O4/c10-8-2-6(7(3-11-8)13(16)17)12-4-5(14)1-9(12)15/h2-3,5,14H,1,4H2. The third kappa shape index (κ3) is 2.20. The Morgan fingerprint density at radius 3 is 2.88 bits per heavy atom. The second kappa shape index (κ2) is 4.27. The molecule has 1 aromatic rings. The molecule has 1 amide bonds. The van der Waals surface area contributed by atoms with Crippen LogP contribution in [0.15, 0.2) is 12.3 Å². The summed E-state index contributed by atoms with van der Waals surface area (Å²) in [5.41, 5.74) is -0.242. The molecule has 0 bridgehead atoms. The molecule has 7 nitrogen and oxygen atoms in total. The number of halogens is 1. The maximum atomic E-state index is 11.6. The number of anilines is 1. The van der Waals surface area contributed by atoms with E-state index in [4.69, 9.17) is 11.6 Å². The summed E-state index contributed by atoms with van der Waals surface area (Å²) in [5, 5.41) is 20.2. The second-order valence-corrected chi connectivity index (χ2v) is 4.00. The van der Waals surface area contributed by atoms with Crippen molar-refractivity contribution in [1.29, 1.82) is 0 Å². The quantitative estimate of drug-likeness (QED) is 0.479. The summed E-state index contributed by atoms with van der Waals surface area (Å²) in [5.74, 6) is -0.372. The highest BCUT2D eigenvalue weighted by Gasteiger charge is 2.33. The lowest BCUT2D eigenvalue weighted by Gasteiger charge is -2.15. The van der Waals surface area contributed by atoms with E-state index in [1.807, 2.05) is 0 Å². The number of aliphatic hydroxyl groups is 1. The Bertz CT molecular complexity index is 493. The third-order valence-electron chi connectivity index (χ3n) is 2.42. The molecule has 1 saturated heterocycles. The third-order valence-corrected chi connectivity index (χ3v) is 2.63. The molecular weight excluding hydrogens is 250 g/mol.